The first-order valence-electron chi connectivity index (χ1n) is 4.43. The van der Waals surface area contributed by atoms with E-state index in [1.807, 2.05) is 0 Å². The summed E-state index contributed by atoms with van der Waals surface area (Å²) >= 11 is 5.85. The number of nitrogen functional groups attached to an aromatic ring is 1. The van der Waals surface area contributed by atoms with Gasteiger partial charge in [-0.25, -0.2) is 4.98 Å². The Hall–Kier alpha value is -1.84. The topological polar surface area (TPSA) is 89.8 Å². The molecular formula is C9H8ClN5O. The minimum atomic E-state index is -0.176. The van der Waals surface area contributed by atoms with Crippen LogP contribution in [0.15, 0.2) is 6.33 Å². The fourth-order valence-corrected chi connectivity index (χ4v) is 1.46. The summed E-state index contributed by atoms with van der Waals surface area (Å²) in [6, 6.07) is 0. The number of halogens is 1. The molecule has 2 aromatic heterocycles. The van der Waals surface area contributed by atoms with Gasteiger partial charge in [-0.2, -0.15) is 9.97 Å². The summed E-state index contributed by atoms with van der Waals surface area (Å²) in [4.78, 5) is 11.9. The Morgan fingerprint density at radius 1 is 1.44 bits per heavy atom. The van der Waals surface area contributed by atoms with E-state index in [-0.39, 0.29) is 17.7 Å². The van der Waals surface area contributed by atoms with E-state index in [4.69, 9.17) is 22.4 Å². The van der Waals surface area contributed by atoms with Crippen molar-refractivity contribution in [1.82, 2.24) is 19.5 Å². The molecule has 0 aromatic carbocycles. The third-order valence-corrected chi connectivity index (χ3v) is 2.16. The van der Waals surface area contributed by atoms with Gasteiger partial charge in [0.05, 0.1) is 12.9 Å². The lowest BCUT2D eigenvalue weighted by Crippen LogP contribution is -2.00. The van der Waals surface area contributed by atoms with Crippen molar-refractivity contribution in [2.24, 2.45) is 0 Å². The van der Waals surface area contributed by atoms with Crippen molar-refractivity contribution in [3.05, 3.63) is 11.5 Å². The molecule has 0 amide bonds. The van der Waals surface area contributed by atoms with E-state index < -0.39 is 0 Å². The predicted octanol–water partition coefficient (Wildman–Crippen LogP) is 0.0576. The molecule has 0 saturated heterocycles. The average Bonchev–Trinajstić information content (AvgIpc) is 2.62. The number of aliphatic hydroxyl groups excluding tert-OH is 1. The molecule has 82 valence electrons. The molecule has 16 heavy (non-hydrogen) atoms. The van der Waals surface area contributed by atoms with Crippen molar-refractivity contribution in [2.45, 2.75) is 6.54 Å². The second kappa shape index (κ2) is 4.35. The number of nitrogens with zero attached hydrogens (tertiary/aromatic N) is 4. The van der Waals surface area contributed by atoms with Crippen LogP contribution in [-0.4, -0.2) is 31.2 Å². The number of rotatable bonds is 1. The van der Waals surface area contributed by atoms with Crippen LogP contribution in [0.4, 0.5) is 5.95 Å². The maximum Gasteiger partial charge on any atom is 0.223 e. The molecule has 2 heterocycles. The molecule has 2 aromatic rings. The van der Waals surface area contributed by atoms with E-state index in [0.29, 0.717) is 17.7 Å². The van der Waals surface area contributed by atoms with Crippen LogP contribution in [0.1, 0.15) is 0 Å². The quantitative estimate of drug-likeness (QED) is 0.541. The smallest absolute Gasteiger partial charge is 0.223 e. The van der Waals surface area contributed by atoms with Crippen LogP contribution in [0, 0.1) is 11.8 Å². The summed E-state index contributed by atoms with van der Waals surface area (Å²) in [6.45, 7) is 0.189. The lowest BCUT2D eigenvalue weighted by molar-refractivity contribution is 0.350. The first-order valence-corrected chi connectivity index (χ1v) is 4.80. The third kappa shape index (κ3) is 1.91. The van der Waals surface area contributed by atoms with Gasteiger partial charge in [-0.1, -0.05) is 23.4 Å². The minimum absolute atomic E-state index is 0.0920. The van der Waals surface area contributed by atoms with Gasteiger partial charge in [0.25, 0.3) is 0 Å². The Morgan fingerprint density at radius 2 is 2.25 bits per heavy atom. The Morgan fingerprint density at radius 3 is 3.00 bits per heavy atom. The van der Waals surface area contributed by atoms with Gasteiger partial charge in [-0.05, 0) is 0 Å². The van der Waals surface area contributed by atoms with Gasteiger partial charge in [-0.3, -0.25) is 0 Å². The van der Waals surface area contributed by atoms with E-state index in [1.54, 1.807) is 10.9 Å². The third-order valence-electron chi connectivity index (χ3n) is 1.89. The van der Waals surface area contributed by atoms with Crippen LogP contribution in [0.2, 0.25) is 5.15 Å². The molecule has 0 radical (unpaired) electrons. The van der Waals surface area contributed by atoms with Crippen molar-refractivity contribution in [3.63, 3.8) is 0 Å². The van der Waals surface area contributed by atoms with E-state index >= 15 is 0 Å². The van der Waals surface area contributed by atoms with Gasteiger partial charge >= 0.3 is 0 Å². The van der Waals surface area contributed by atoms with Gasteiger partial charge in [0.2, 0.25) is 5.95 Å². The largest absolute Gasteiger partial charge is 0.384 e. The van der Waals surface area contributed by atoms with Crippen LogP contribution >= 0.6 is 11.6 Å². The molecule has 2 rings (SSSR count). The second-order valence-corrected chi connectivity index (χ2v) is 3.29. The van der Waals surface area contributed by atoms with E-state index in [0.717, 1.165) is 0 Å². The number of hydrogen-bond acceptors (Lipinski definition) is 5. The number of aliphatic hydroxyl groups is 1. The molecule has 0 atom stereocenters. The summed E-state index contributed by atoms with van der Waals surface area (Å²) in [5, 5.41) is 8.75. The standard InChI is InChI=1S/C9H8ClN5O/c10-7-6-8(14-9(11)13-7)15(5-12-6)3-1-2-4-16/h5,16H,3-4H2,(H2,11,13,14). The van der Waals surface area contributed by atoms with Gasteiger partial charge in [-0.15, -0.1) is 0 Å². The zero-order valence-electron chi connectivity index (χ0n) is 8.18. The van der Waals surface area contributed by atoms with Crippen molar-refractivity contribution in [2.75, 3.05) is 12.3 Å². The van der Waals surface area contributed by atoms with E-state index in [9.17, 15) is 0 Å². The van der Waals surface area contributed by atoms with Crippen LogP contribution in [0.25, 0.3) is 11.2 Å². The zero-order chi connectivity index (χ0) is 11.5. The molecule has 0 aliphatic carbocycles. The molecule has 6 nitrogen and oxygen atoms in total. The molecule has 0 aliphatic rings. The Labute approximate surface area is 96.1 Å². The Bertz CT molecular complexity index is 583. The van der Waals surface area contributed by atoms with Crippen LogP contribution < -0.4 is 5.73 Å². The fraction of sp³-hybridized carbons (Fsp3) is 0.222. The summed E-state index contributed by atoms with van der Waals surface area (Å²) in [5.41, 5.74) is 6.50. The maximum atomic E-state index is 8.53. The van der Waals surface area contributed by atoms with Gasteiger partial charge in [0.15, 0.2) is 10.8 Å². The monoisotopic (exact) mass is 237 g/mol. The van der Waals surface area contributed by atoms with Crippen molar-refractivity contribution >= 4 is 28.7 Å². The molecule has 3 N–H and O–H groups in total. The molecule has 0 unspecified atom stereocenters. The first-order chi connectivity index (χ1) is 7.72. The highest BCUT2D eigenvalue weighted by molar-refractivity contribution is 6.33. The van der Waals surface area contributed by atoms with E-state index in [2.05, 4.69) is 26.8 Å². The lowest BCUT2D eigenvalue weighted by atomic mass is 10.5. The highest BCUT2D eigenvalue weighted by atomic mass is 35.5. The predicted molar refractivity (Wildman–Crippen MR) is 59.6 cm³/mol. The SMILES string of the molecule is Nc1nc(Cl)c2ncn(CC#CCO)c2n1. The fourth-order valence-electron chi connectivity index (χ4n) is 1.24. The Balaban J connectivity index is 2.47. The van der Waals surface area contributed by atoms with Crippen LogP contribution in [0.5, 0.6) is 0 Å². The number of anilines is 1. The molecule has 0 spiro atoms. The number of imidazole rings is 1. The van der Waals surface area contributed by atoms with Crippen molar-refractivity contribution in [3.8, 4) is 11.8 Å². The van der Waals surface area contributed by atoms with Crippen molar-refractivity contribution < 1.29 is 5.11 Å². The van der Waals surface area contributed by atoms with E-state index in [1.165, 1.54) is 0 Å². The summed E-state index contributed by atoms with van der Waals surface area (Å²) < 4.78 is 1.68. The highest BCUT2D eigenvalue weighted by Crippen LogP contribution is 2.19. The Kier molecular flexibility index (Phi) is 2.90. The average molecular weight is 238 g/mol. The first kappa shape index (κ1) is 10.7. The van der Waals surface area contributed by atoms with Crippen LogP contribution in [-0.2, 0) is 6.54 Å². The molecule has 0 fully saturated rings. The lowest BCUT2D eigenvalue weighted by Gasteiger charge is -1.98. The van der Waals surface area contributed by atoms with Crippen LogP contribution in [0.3, 0.4) is 0 Å². The number of fused-ring (bicyclic) bond motifs is 1. The molecule has 0 saturated carbocycles. The number of nitrogens with two attached hydrogens (primary N) is 1. The molecule has 7 heteroatoms. The zero-order valence-corrected chi connectivity index (χ0v) is 8.94. The summed E-state index contributed by atoms with van der Waals surface area (Å²) in [5.74, 6) is 5.37. The number of aromatic nitrogens is 4. The highest BCUT2D eigenvalue weighted by Gasteiger charge is 2.09. The summed E-state index contributed by atoms with van der Waals surface area (Å²) in [6.07, 6.45) is 1.55. The van der Waals surface area contributed by atoms with Gasteiger partial charge in [0.1, 0.15) is 12.1 Å². The van der Waals surface area contributed by atoms with Gasteiger partial charge < -0.3 is 15.4 Å². The number of hydrogen-bond donors (Lipinski definition) is 2. The molecule has 0 bridgehead atoms. The molecule has 0 aliphatic heterocycles. The molecular weight excluding hydrogens is 230 g/mol. The minimum Gasteiger partial charge on any atom is -0.384 e. The second-order valence-electron chi connectivity index (χ2n) is 2.93. The van der Waals surface area contributed by atoms with Gasteiger partial charge in [0, 0.05) is 0 Å². The normalized spacial score (nSPS) is 10.1. The maximum absolute atomic E-state index is 8.53. The summed E-state index contributed by atoms with van der Waals surface area (Å²) in [7, 11) is 0. The van der Waals surface area contributed by atoms with Crippen molar-refractivity contribution in [1.29, 1.82) is 0 Å².